The molecule has 0 fully saturated rings. The number of hydrogen-bond acceptors (Lipinski definition) is 3. The minimum absolute atomic E-state index is 0.127. The van der Waals surface area contributed by atoms with Crippen LogP contribution in [-0.4, -0.2) is 16.9 Å². The summed E-state index contributed by atoms with van der Waals surface area (Å²) >= 11 is 0. The van der Waals surface area contributed by atoms with Crippen molar-refractivity contribution in [2.45, 2.75) is 19.3 Å². The van der Waals surface area contributed by atoms with E-state index in [-0.39, 0.29) is 5.41 Å². The van der Waals surface area contributed by atoms with Gasteiger partial charge in [0.2, 0.25) is 0 Å². The Morgan fingerprint density at radius 3 is 1.97 bits per heavy atom. The highest BCUT2D eigenvalue weighted by Gasteiger charge is 2.38. The van der Waals surface area contributed by atoms with Gasteiger partial charge in [0.25, 0.3) is 0 Å². The number of allylic oxidation sites excluding steroid dienone is 1. The largest absolute Gasteiger partial charge is 0.300 e. The fourth-order valence-corrected chi connectivity index (χ4v) is 8.95. The number of nitrogens with zero attached hydrogens (tertiary/aromatic N) is 2. The van der Waals surface area contributed by atoms with E-state index in [0.717, 1.165) is 38.6 Å². The van der Waals surface area contributed by atoms with Crippen LogP contribution in [-0.2, 0) is 5.41 Å². The van der Waals surface area contributed by atoms with Crippen molar-refractivity contribution < 1.29 is 0 Å². The fourth-order valence-electron chi connectivity index (χ4n) is 8.95. The first-order chi connectivity index (χ1) is 28.9. The lowest BCUT2D eigenvalue weighted by Gasteiger charge is -2.24. The van der Waals surface area contributed by atoms with Crippen molar-refractivity contribution >= 4 is 39.2 Å². The van der Waals surface area contributed by atoms with Crippen LogP contribution in [0.5, 0.6) is 0 Å². The van der Waals surface area contributed by atoms with E-state index in [9.17, 15) is 0 Å². The van der Waals surface area contributed by atoms with E-state index >= 15 is 0 Å². The van der Waals surface area contributed by atoms with Crippen molar-refractivity contribution in [3.05, 3.63) is 228 Å². The summed E-state index contributed by atoms with van der Waals surface area (Å²) in [6.07, 6.45) is 7.44. The molecule has 1 heterocycles. The predicted octanol–water partition coefficient (Wildman–Crippen LogP) is 14.2. The van der Waals surface area contributed by atoms with Crippen LogP contribution in [0.25, 0.3) is 71.7 Å². The first-order valence-corrected chi connectivity index (χ1v) is 20.1. The van der Waals surface area contributed by atoms with Gasteiger partial charge in [-0.2, -0.15) is 0 Å². The average Bonchev–Trinajstić information content (AvgIpc) is 3.54. The molecule has 0 spiro atoms. The zero-order chi connectivity index (χ0) is 39.9. The normalized spacial score (nSPS) is 13.2. The Morgan fingerprint density at radius 2 is 1.20 bits per heavy atom. The average molecular weight is 756 g/mol. The molecule has 3 heteroatoms. The first kappa shape index (κ1) is 35.9. The van der Waals surface area contributed by atoms with Gasteiger partial charge in [0.05, 0.1) is 11.4 Å². The molecule has 10 rings (SSSR count). The number of rotatable bonds is 8. The van der Waals surface area contributed by atoms with Crippen LogP contribution in [0.2, 0.25) is 0 Å². The van der Waals surface area contributed by atoms with Gasteiger partial charge in [-0.1, -0.05) is 190 Å². The maximum Gasteiger partial charge on any atom is 0.0723 e. The molecule has 59 heavy (non-hydrogen) atoms. The zero-order valence-corrected chi connectivity index (χ0v) is 33.0. The van der Waals surface area contributed by atoms with Crippen LogP contribution in [0.1, 0.15) is 41.7 Å². The molecule has 0 radical (unpaired) electrons. The van der Waals surface area contributed by atoms with Gasteiger partial charge < -0.3 is 5.41 Å². The Labute approximate surface area is 345 Å². The topological polar surface area (TPSA) is 49.1 Å². The molecule has 0 aliphatic heterocycles. The van der Waals surface area contributed by atoms with Crippen LogP contribution in [0.15, 0.2) is 205 Å². The van der Waals surface area contributed by atoms with Gasteiger partial charge in [-0.05, 0) is 94.9 Å². The van der Waals surface area contributed by atoms with Gasteiger partial charge in [0.1, 0.15) is 0 Å². The van der Waals surface area contributed by atoms with Crippen molar-refractivity contribution in [3.63, 3.8) is 0 Å². The number of benzene rings is 8. The van der Waals surface area contributed by atoms with E-state index in [1.54, 1.807) is 6.20 Å². The number of pyridine rings is 1. The molecule has 0 unspecified atom stereocenters. The maximum absolute atomic E-state index is 8.95. The molecule has 0 bridgehead atoms. The number of aliphatic imine (C=N–C) groups is 1. The fraction of sp³-hybridized carbons (Fsp3) is 0.0536. The number of aromatic nitrogens is 1. The molecule has 0 saturated carbocycles. The van der Waals surface area contributed by atoms with Crippen LogP contribution in [0.3, 0.4) is 0 Å². The lowest BCUT2D eigenvalue weighted by atomic mass is 9.78. The third-order valence-corrected chi connectivity index (χ3v) is 11.9. The first-order valence-electron chi connectivity index (χ1n) is 20.1. The summed E-state index contributed by atoms with van der Waals surface area (Å²) in [5.74, 6) is 0. The van der Waals surface area contributed by atoms with Gasteiger partial charge in [-0.15, -0.1) is 0 Å². The lowest BCUT2D eigenvalue weighted by molar-refractivity contribution is 0.662. The summed E-state index contributed by atoms with van der Waals surface area (Å²) in [6.45, 7) is 4.74. The second-order valence-corrected chi connectivity index (χ2v) is 15.8. The third kappa shape index (κ3) is 6.47. The van der Waals surface area contributed by atoms with Crippen LogP contribution in [0, 0.1) is 5.41 Å². The van der Waals surface area contributed by atoms with Crippen molar-refractivity contribution in [2.24, 2.45) is 4.99 Å². The van der Waals surface area contributed by atoms with Gasteiger partial charge in [-0.25, -0.2) is 0 Å². The highest BCUT2D eigenvalue weighted by molar-refractivity contribution is 6.12. The molecule has 1 aromatic heterocycles. The minimum atomic E-state index is -0.127. The molecule has 1 aliphatic carbocycles. The van der Waals surface area contributed by atoms with Crippen molar-refractivity contribution in [2.75, 3.05) is 0 Å². The molecule has 9 aromatic rings. The van der Waals surface area contributed by atoms with Crippen molar-refractivity contribution in [1.82, 2.24) is 4.98 Å². The van der Waals surface area contributed by atoms with E-state index in [0.29, 0.717) is 11.4 Å². The summed E-state index contributed by atoms with van der Waals surface area (Å²) in [5, 5.41) is 13.8. The highest BCUT2D eigenvalue weighted by Crippen LogP contribution is 2.54. The minimum Gasteiger partial charge on any atom is -0.300 e. The molecule has 280 valence electrons. The van der Waals surface area contributed by atoms with Gasteiger partial charge in [0.15, 0.2) is 0 Å². The maximum atomic E-state index is 8.95. The monoisotopic (exact) mass is 755 g/mol. The predicted molar refractivity (Wildman–Crippen MR) is 248 cm³/mol. The molecule has 1 N–H and O–H groups in total. The Kier molecular flexibility index (Phi) is 8.99. The van der Waals surface area contributed by atoms with Crippen LogP contribution < -0.4 is 0 Å². The lowest BCUT2D eigenvalue weighted by Crippen LogP contribution is -2.16. The SMILES string of the molecule is CC1(C)c2ccc3ccccc3c2-c2cccc(-c3ccc(-c4ccc(C=N/C(=C\C(=N)c5ccccc5)c5ccc(-c6cccnc6)cc5)c5ccccc45)cc3)c21. The van der Waals surface area contributed by atoms with Gasteiger partial charge in [0, 0.05) is 35.2 Å². The number of fused-ring (bicyclic) bond motifs is 6. The Hall–Kier alpha value is -7.49. The summed E-state index contributed by atoms with van der Waals surface area (Å²) in [6, 6.07) is 64.3. The van der Waals surface area contributed by atoms with E-state index in [4.69, 9.17) is 10.4 Å². The molecule has 8 aromatic carbocycles. The molecule has 0 atom stereocenters. The molecular formula is C56H41N3. The van der Waals surface area contributed by atoms with Crippen molar-refractivity contribution in [3.8, 4) is 44.5 Å². The molecule has 0 amide bonds. The van der Waals surface area contributed by atoms with E-state index in [2.05, 4.69) is 164 Å². The summed E-state index contributed by atoms with van der Waals surface area (Å²) in [5.41, 5.74) is 16.2. The summed E-state index contributed by atoms with van der Waals surface area (Å²) < 4.78 is 0. The van der Waals surface area contributed by atoms with E-state index in [1.807, 2.05) is 54.9 Å². The zero-order valence-electron chi connectivity index (χ0n) is 33.0. The van der Waals surface area contributed by atoms with Crippen LogP contribution >= 0.6 is 0 Å². The summed E-state index contributed by atoms with van der Waals surface area (Å²) in [7, 11) is 0. The smallest absolute Gasteiger partial charge is 0.0723 e. The molecule has 3 nitrogen and oxygen atoms in total. The second kappa shape index (κ2) is 14.8. The van der Waals surface area contributed by atoms with Gasteiger partial charge >= 0.3 is 0 Å². The Bertz CT molecular complexity index is 3100. The van der Waals surface area contributed by atoms with Crippen molar-refractivity contribution in [1.29, 1.82) is 5.41 Å². The molecule has 1 aliphatic rings. The molecule has 0 saturated heterocycles. The summed E-state index contributed by atoms with van der Waals surface area (Å²) in [4.78, 5) is 9.37. The number of hydrogen-bond donors (Lipinski definition) is 1. The Balaban J connectivity index is 0.994. The quantitative estimate of drug-likeness (QED) is 0.154. The second-order valence-electron chi connectivity index (χ2n) is 15.8. The van der Waals surface area contributed by atoms with E-state index < -0.39 is 0 Å². The van der Waals surface area contributed by atoms with Crippen LogP contribution in [0.4, 0.5) is 0 Å². The third-order valence-electron chi connectivity index (χ3n) is 11.9. The molecular weight excluding hydrogens is 715 g/mol. The standard InChI is InChI=1S/C56H41N3/c1-56(2)51-32-30-38-12-6-7-17-47(38)54(51)50-20-10-19-48(55(50)56)40-25-23-39(24-26-40)46-31-29-44(45-16-8-9-18-49(45)46)36-59-53(34-52(57)41-13-4-3-5-14-41)42-27-21-37(22-28-42)43-15-11-33-58-35-43/h3-36,57H,1-2H3/b53-34-,57-52?,59-36?. The highest BCUT2D eigenvalue weighted by atomic mass is 14.7. The van der Waals surface area contributed by atoms with Gasteiger partial charge in [-0.3, -0.25) is 9.98 Å². The number of nitrogens with one attached hydrogen (secondary N) is 1. The van der Waals surface area contributed by atoms with E-state index in [1.165, 1.54) is 55.3 Å². The Morgan fingerprint density at radius 1 is 0.525 bits per heavy atom.